The van der Waals surface area contributed by atoms with Crippen LogP contribution in [0, 0.1) is 0 Å². The van der Waals surface area contributed by atoms with Crippen LogP contribution in [0.15, 0.2) is 33.7 Å². The van der Waals surface area contributed by atoms with E-state index in [1.165, 1.54) is 9.39 Å². The SMILES string of the molecule is CSC1=CC=CCC(Br)=C1. The van der Waals surface area contributed by atoms with Crippen molar-refractivity contribution in [1.29, 1.82) is 0 Å². The first kappa shape index (κ1) is 8.15. The molecule has 0 amide bonds. The second-order valence-electron chi connectivity index (χ2n) is 2.00. The van der Waals surface area contributed by atoms with Crippen molar-refractivity contribution in [1.82, 2.24) is 0 Å². The van der Waals surface area contributed by atoms with Gasteiger partial charge in [-0.3, -0.25) is 0 Å². The molecule has 0 N–H and O–H groups in total. The van der Waals surface area contributed by atoms with Gasteiger partial charge in [0, 0.05) is 4.91 Å². The molecule has 1 aliphatic rings. The second kappa shape index (κ2) is 4.04. The van der Waals surface area contributed by atoms with Crippen LogP contribution in [0.2, 0.25) is 0 Å². The lowest BCUT2D eigenvalue weighted by Gasteiger charge is -1.93. The molecule has 0 unspecified atom stereocenters. The Morgan fingerprint density at radius 3 is 3.10 bits per heavy atom. The zero-order valence-corrected chi connectivity index (χ0v) is 8.21. The van der Waals surface area contributed by atoms with Gasteiger partial charge in [-0.1, -0.05) is 28.1 Å². The van der Waals surface area contributed by atoms with Crippen LogP contribution < -0.4 is 0 Å². The maximum atomic E-state index is 3.48. The second-order valence-corrected chi connectivity index (χ2v) is 3.89. The Hall–Kier alpha value is 0.0500. The molecule has 0 spiro atoms. The van der Waals surface area contributed by atoms with Crippen LogP contribution in [-0.2, 0) is 0 Å². The Labute approximate surface area is 74.2 Å². The molecule has 0 atom stereocenters. The summed E-state index contributed by atoms with van der Waals surface area (Å²) < 4.78 is 1.25. The van der Waals surface area contributed by atoms with E-state index in [-0.39, 0.29) is 0 Å². The quantitative estimate of drug-likeness (QED) is 0.648. The van der Waals surface area contributed by atoms with Gasteiger partial charge in [0.2, 0.25) is 0 Å². The molecule has 0 aliphatic heterocycles. The summed E-state index contributed by atoms with van der Waals surface area (Å²) in [5.41, 5.74) is 0. The van der Waals surface area contributed by atoms with Crippen molar-refractivity contribution in [2.45, 2.75) is 6.42 Å². The minimum Gasteiger partial charge on any atom is -0.130 e. The van der Waals surface area contributed by atoms with E-state index < -0.39 is 0 Å². The summed E-state index contributed by atoms with van der Waals surface area (Å²) in [5, 5.41) is 0. The van der Waals surface area contributed by atoms with E-state index in [1.807, 2.05) is 0 Å². The van der Waals surface area contributed by atoms with E-state index in [9.17, 15) is 0 Å². The molecule has 0 fully saturated rings. The molecule has 0 aromatic rings. The topological polar surface area (TPSA) is 0 Å². The third-order valence-electron chi connectivity index (χ3n) is 1.24. The van der Waals surface area contributed by atoms with Gasteiger partial charge in [0.1, 0.15) is 0 Å². The Kier molecular flexibility index (Phi) is 3.29. The first-order chi connectivity index (χ1) is 4.83. The molecule has 2 heteroatoms. The Bertz CT molecular complexity index is 199. The Balaban J connectivity index is 2.78. The molecular weight excluding hydrogens is 208 g/mol. The van der Waals surface area contributed by atoms with Crippen LogP contribution in [0.3, 0.4) is 0 Å². The minimum atomic E-state index is 1.01. The zero-order valence-electron chi connectivity index (χ0n) is 5.80. The van der Waals surface area contributed by atoms with Gasteiger partial charge in [-0.2, -0.15) is 0 Å². The molecule has 54 valence electrons. The largest absolute Gasteiger partial charge is 0.130 e. The Morgan fingerprint density at radius 1 is 1.60 bits per heavy atom. The summed E-state index contributed by atoms with van der Waals surface area (Å²) in [6, 6.07) is 0. The van der Waals surface area contributed by atoms with Crippen molar-refractivity contribution in [3.8, 4) is 0 Å². The first-order valence-electron chi connectivity index (χ1n) is 3.10. The lowest BCUT2D eigenvalue weighted by molar-refractivity contribution is 1.38. The molecule has 0 radical (unpaired) electrons. The third-order valence-corrected chi connectivity index (χ3v) is 2.52. The molecule has 0 heterocycles. The van der Waals surface area contributed by atoms with Crippen molar-refractivity contribution in [2.24, 2.45) is 0 Å². The molecule has 0 bridgehead atoms. The predicted molar refractivity (Wildman–Crippen MR) is 52.4 cm³/mol. The van der Waals surface area contributed by atoms with Crippen LogP contribution in [0.1, 0.15) is 6.42 Å². The average molecular weight is 217 g/mol. The van der Waals surface area contributed by atoms with Crippen molar-refractivity contribution in [3.05, 3.63) is 33.7 Å². The van der Waals surface area contributed by atoms with E-state index in [0.717, 1.165) is 6.42 Å². The molecule has 0 aromatic heterocycles. The lowest BCUT2D eigenvalue weighted by atomic mass is 10.4. The van der Waals surface area contributed by atoms with Crippen LogP contribution >= 0.6 is 27.7 Å². The summed E-state index contributed by atoms with van der Waals surface area (Å²) in [4.78, 5) is 1.31. The summed E-state index contributed by atoms with van der Waals surface area (Å²) in [7, 11) is 0. The van der Waals surface area contributed by atoms with Crippen molar-refractivity contribution in [3.63, 3.8) is 0 Å². The van der Waals surface area contributed by atoms with E-state index in [2.05, 4.69) is 46.5 Å². The number of halogens is 1. The van der Waals surface area contributed by atoms with E-state index in [4.69, 9.17) is 0 Å². The molecular formula is C8H9BrS. The van der Waals surface area contributed by atoms with E-state index in [0.29, 0.717) is 0 Å². The minimum absolute atomic E-state index is 1.01. The fourth-order valence-corrected chi connectivity index (χ4v) is 1.79. The highest BCUT2D eigenvalue weighted by molar-refractivity contribution is 9.11. The van der Waals surface area contributed by atoms with Crippen molar-refractivity contribution < 1.29 is 0 Å². The normalized spacial score (nSPS) is 17.8. The monoisotopic (exact) mass is 216 g/mol. The third kappa shape index (κ3) is 2.35. The fraction of sp³-hybridized carbons (Fsp3) is 0.250. The maximum Gasteiger partial charge on any atom is 0.00770 e. The standard InChI is InChI=1S/C8H9BrS/c1-10-8-5-3-2-4-7(9)6-8/h2-3,5-6H,4H2,1H3. The number of thioether (sulfide) groups is 1. The maximum absolute atomic E-state index is 3.48. The molecule has 1 aliphatic carbocycles. The molecule has 10 heavy (non-hydrogen) atoms. The van der Waals surface area contributed by atoms with Gasteiger partial charge in [-0.15, -0.1) is 11.8 Å². The van der Waals surface area contributed by atoms with Gasteiger partial charge in [-0.25, -0.2) is 0 Å². The highest BCUT2D eigenvalue weighted by Gasteiger charge is 1.94. The van der Waals surface area contributed by atoms with Gasteiger partial charge in [0.05, 0.1) is 0 Å². The summed E-state index contributed by atoms with van der Waals surface area (Å²) in [6.45, 7) is 0. The highest BCUT2D eigenvalue weighted by Crippen LogP contribution is 2.22. The molecule has 0 saturated carbocycles. The van der Waals surface area contributed by atoms with E-state index in [1.54, 1.807) is 11.8 Å². The number of rotatable bonds is 1. The van der Waals surface area contributed by atoms with Crippen molar-refractivity contribution >= 4 is 27.7 Å². The van der Waals surface area contributed by atoms with Crippen LogP contribution in [0.4, 0.5) is 0 Å². The zero-order chi connectivity index (χ0) is 7.40. The number of hydrogen-bond donors (Lipinski definition) is 0. The lowest BCUT2D eigenvalue weighted by Crippen LogP contribution is -1.68. The van der Waals surface area contributed by atoms with E-state index >= 15 is 0 Å². The fourth-order valence-electron chi connectivity index (χ4n) is 0.732. The number of allylic oxidation sites excluding steroid dienone is 5. The van der Waals surface area contributed by atoms with Gasteiger partial charge in [0.25, 0.3) is 0 Å². The van der Waals surface area contributed by atoms with Gasteiger partial charge < -0.3 is 0 Å². The average Bonchev–Trinajstić information content (AvgIpc) is 2.13. The van der Waals surface area contributed by atoms with Gasteiger partial charge >= 0.3 is 0 Å². The summed E-state index contributed by atoms with van der Waals surface area (Å²) in [5.74, 6) is 0. The molecule has 1 rings (SSSR count). The number of hydrogen-bond acceptors (Lipinski definition) is 1. The smallest absolute Gasteiger partial charge is 0.00770 e. The van der Waals surface area contributed by atoms with Crippen LogP contribution in [-0.4, -0.2) is 6.26 Å². The van der Waals surface area contributed by atoms with Gasteiger partial charge in [-0.05, 0) is 29.3 Å². The van der Waals surface area contributed by atoms with Crippen LogP contribution in [0.5, 0.6) is 0 Å². The van der Waals surface area contributed by atoms with Crippen molar-refractivity contribution in [2.75, 3.05) is 6.26 Å². The first-order valence-corrected chi connectivity index (χ1v) is 5.11. The summed E-state index contributed by atoms with van der Waals surface area (Å²) in [6.07, 6.45) is 11.6. The van der Waals surface area contributed by atoms with Crippen LogP contribution in [0.25, 0.3) is 0 Å². The molecule has 0 nitrogen and oxygen atoms in total. The molecule has 0 aromatic carbocycles. The molecule has 0 saturated heterocycles. The summed E-state index contributed by atoms with van der Waals surface area (Å²) >= 11 is 5.24. The Morgan fingerprint density at radius 2 is 2.40 bits per heavy atom. The highest BCUT2D eigenvalue weighted by atomic mass is 79.9. The van der Waals surface area contributed by atoms with Gasteiger partial charge in [0.15, 0.2) is 0 Å². The predicted octanol–water partition coefficient (Wildman–Crippen LogP) is 3.47.